The van der Waals surface area contributed by atoms with Crippen LogP contribution in [0.5, 0.6) is 0 Å². The maximum atomic E-state index is 12.5. The Morgan fingerprint density at radius 3 is 2.96 bits per heavy atom. The van der Waals surface area contributed by atoms with E-state index in [-0.39, 0.29) is 17.7 Å². The molecular weight excluding hydrogens is 362 g/mol. The summed E-state index contributed by atoms with van der Waals surface area (Å²) in [5.41, 5.74) is 1.64. The zero-order valence-corrected chi connectivity index (χ0v) is 15.7. The fraction of sp³-hybridized carbons (Fsp3) is 0.350. The lowest BCUT2D eigenvalue weighted by Crippen LogP contribution is -2.40. The molecule has 1 aliphatic rings. The molecule has 1 unspecified atom stereocenters. The van der Waals surface area contributed by atoms with Crippen molar-refractivity contribution in [3.05, 3.63) is 52.5 Å². The quantitative estimate of drug-likeness (QED) is 0.733. The second-order valence-electron chi connectivity index (χ2n) is 6.68. The van der Waals surface area contributed by atoms with Crippen molar-refractivity contribution in [3.8, 4) is 0 Å². The molecule has 27 heavy (non-hydrogen) atoms. The summed E-state index contributed by atoms with van der Waals surface area (Å²) in [5.74, 6) is 0.763. The van der Waals surface area contributed by atoms with Gasteiger partial charge < -0.3 is 14.6 Å². The predicted molar refractivity (Wildman–Crippen MR) is 104 cm³/mol. The fourth-order valence-corrected chi connectivity index (χ4v) is 4.05. The zero-order valence-electron chi connectivity index (χ0n) is 14.9. The fourth-order valence-electron chi connectivity index (χ4n) is 3.41. The van der Waals surface area contributed by atoms with E-state index in [1.807, 2.05) is 40.6 Å². The van der Waals surface area contributed by atoms with E-state index in [1.165, 1.54) is 11.3 Å². The zero-order chi connectivity index (χ0) is 18.6. The van der Waals surface area contributed by atoms with Crippen LogP contribution in [0.4, 0.5) is 0 Å². The van der Waals surface area contributed by atoms with Gasteiger partial charge in [0.25, 0.3) is 5.91 Å². The number of rotatable bonds is 5. The Balaban J connectivity index is 1.32. The molecule has 0 bridgehead atoms. The van der Waals surface area contributed by atoms with E-state index < -0.39 is 0 Å². The van der Waals surface area contributed by atoms with Crippen LogP contribution >= 0.6 is 11.3 Å². The number of carbonyl (C=O) groups is 2. The molecule has 140 valence electrons. The van der Waals surface area contributed by atoms with Crippen molar-refractivity contribution in [2.45, 2.75) is 25.2 Å². The number of nitrogens with zero attached hydrogens (tertiary/aromatic N) is 2. The number of para-hydroxylation sites is 2. The van der Waals surface area contributed by atoms with Gasteiger partial charge in [-0.3, -0.25) is 9.59 Å². The number of piperidine rings is 1. The summed E-state index contributed by atoms with van der Waals surface area (Å²) in [6.07, 6.45) is 2.19. The first kappa shape index (κ1) is 17.7. The lowest BCUT2D eigenvalue weighted by Gasteiger charge is -2.31. The molecule has 2 amide bonds. The minimum atomic E-state index is -0.124. The van der Waals surface area contributed by atoms with E-state index in [0.717, 1.165) is 30.5 Å². The van der Waals surface area contributed by atoms with Crippen molar-refractivity contribution in [1.82, 2.24) is 15.2 Å². The van der Waals surface area contributed by atoms with Gasteiger partial charge in [-0.15, -0.1) is 11.3 Å². The van der Waals surface area contributed by atoms with Gasteiger partial charge in [0, 0.05) is 26.1 Å². The highest BCUT2D eigenvalue weighted by atomic mass is 32.1. The molecule has 0 spiro atoms. The monoisotopic (exact) mass is 383 g/mol. The van der Waals surface area contributed by atoms with E-state index in [1.54, 1.807) is 6.07 Å². The van der Waals surface area contributed by atoms with Gasteiger partial charge in [0.2, 0.25) is 5.91 Å². The maximum absolute atomic E-state index is 12.5. The summed E-state index contributed by atoms with van der Waals surface area (Å²) in [6.45, 7) is 1.71. The van der Waals surface area contributed by atoms with Crippen LogP contribution < -0.4 is 5.32 Å². The Labute approximate surface area is 161 Å². The predicted octanol–water partition coefficient (Wildman–Crippen LogP) is 3.42. The second kappa shape index (κ2) is 7.92. The molecule has 7 heteroatoms. The Morgan fingerprint density at radius 1 is 1.26 bits per heavy atom. The topological polar surface area (TPSA) is 75.4 Å². The highest BCUT2D eigenvalue weighted by Gasteiger charge is 2.27. The number of oxazole rings is 1. The number of aromatic nitrogens is 1. The Kier molecular flexibility index (Phi) is 5.20. The first-order valence-corrected chi connectivity index (χ1v) is 10.0. The molecule has 1 fully saturated rings. The molecule has 3 heterocycles. The largest absolute Gasteiger partial charge is 0.440 e. The summed E-state index contributed by atoms with van der Waals surface area (Å²) < 4.78 is 5.88. The van der Waals surface area contributed by atoms with Gasteiger partial charge in [0.05, 0.1) is 10.8 Å². The highest BCUT2D eigenvalue weighted by Crippen LogP contribution is 2.29. The minimum Gasteiger partial charge on any atom is -0.440 e. The Morgan fingerprint density at radius 2 is 2.15 bits per heavy atom. The molecule has 1 atom stereocenters. The average Bonchev–Trinajstić information content (AvgIpc) is 3.37. The van der Waals surface area contributed by atoms with Gasteiger partial charge in [0.15, 0.2) is 11.5 Å². The third-order valence-corrected chi connectivity index (χ3v) is 5.67. The SMILES string of the molecule is O=C(NCCC(=O)N1CCCC(c2nc3ccccc3o2)C1)c1cccs1. The number of amides is 2. The maximum Gasteiger partial charge on any atom is 0.261 e. The van der Waals surface area contributed by atoms with Crippen LogP contribution in [0.3, 0.4) is 0 Å². The smallest absolute Gasteiger partial charge is 0.261 e. The number of hydrogen-bond donors (Lipinski definition) is 1. The van der Waals surface area contributed by atoms with Crippen LogP contribution in [0.15, 0.2) is 46.2 Å². The summed E-state index contributed by atoms with van der Waals surface area (Å²) >= 11 is 1.39. The number of likely N-dealkylation sites (tertiary alicyclic amines) is 1. The van der Waals surface area contributed by atoms with Crippen LogP contribution in [0.2, 0.25) is 0 Å². The number of hydrogen-bond acceptors (Lipinski definition) is 5. The molecule has 1 aromatic carbocycles. The number of thiophene rings is 1. The molecule has 1 saturated heterocycles. The first-order valence-electron chi connectivity index (χ1n) is 9.15. The van der Waals surface area contributed by atoms with Gasteiger partial charge in [-0.25, -0.2) is 4.98 Å². The number of benzene rings is 1. The van der Waals surface area contributed by atoms with Crippen molar-refractivity contribution >= 4 is 34.3 Å². The number of fused-ring (bicyclic) bond motifs is 1. The van der Waals surface area contributed by atoms with Gasteiger partial charge in [-0.05, 0) is 36.4 Å². The van der Waals surface area contributed by atoms with Crippen LogP contribution in [0, 0.1) is 0 Å². The standard InChI is InChI=1S/C20H21N3O3S/c24-18(9-10-21-19(25)17-8-4-12-27-17)23-11-3-5-14(13-23)20-22-15-6-1-2-7-16(15)26-20/h1-2,4,6-8,12,14H,3,5,9-11,13H2,(H,21,25). The van der Waals surface area contributed by atoms with E-state index >= 15 is 0 Å². The first-order chi connectivity index (χ1) is 13.2. The van der Waals surface area contributed by atoms with Gasteiger partial charge in [-0.1, -0.05) is 18.2 Å². The van der Waals surface area contributed by atoms with Crippen LogP contribution in [-0.2, 0) is 4.79 Å². The highest BCUT2D eigenvalue weighted by molar-refractivity contribution is 7.12. The summed E-state index contributed by atoms with van der Waals surface area (Å²) in [7, 11) is 0. The van der Waals surface area contributed by atoms with Crippen molar-refractivity contribution < 1.29 is 14.0 Å². The van der Waals surface area contributed by atoms with Crippen molar-refractivity contribution in [3.63, 3.8) is 0 Å². The summed E-state index contributed by atoms with van der Waals surface area (Å²) in [4.78, 5) is 31.6. The van der Waals surface area contributed by atoms with Gasteiger partial charge in [0.1, 0.15) is 5.52 Å². The third kappa shape index (κ3) is 4.03. The molecule has 1 aliphatic heterocycles. The number of nitrogens with one attached hydrogen (secondary N) is 1. The lowest BCUT2D eigenvalue weighted by atomic mass is 9.97. The molecule has 1 N–H and O–H groups in total. The summed E-state index contributed by atoms with van der Waals surface area (Å²) in [6, 6.07) is 11.3. The summed E-state index contributed by atoms with van der Waals surface area (Å²) in [5, 5.41) is 4.67. The average molecular weight is 383 g/mol. The molecule has 0 saturated carbocycles. The Bertz CT molecular complexity index is 902. The molecule has 6 nitrogen and oxygen atoms in total. The molecule has 0 radical (unpaired) electrons. The van der Waals surface area contributed by atoms with Crippen LogP contribution in [0.1, 0.15) is 40.7 Å². The molecular formula is C20H21N3O3S. The van der Waals surface area contributed by atoms with Crippen molar-refractivity contribution in [2.75, 3.05) is 19.6 Å². The normalized spacial score (nSPS) is 17.2. The Hall–Kier alpha value is -2.67. The van der Waals surface area contributed by atoms with E-state index in [2.05, 4.69) is 10.3 Å². The number of carbonyl (C=O) groups excluding carboxylic acids is 2. The van der Waals surface area contributed by atoms with Gasteiger partial charge in [-0.2, -0.15) is 0 Å². The van der Waals surface area contributed by atoms with Crippen LogP contribution in [0.25, 0.3) is 11.1 Å². The van der Waals surface area contributed by atoms with E-state index in [9.17, 15) is 9.59 Å². The van der Waals surface area contributed by atoms with Crippen molar-refractivity contribution in [2.24, 2.45) is 0 Å². The van der Waals surface area contributed by atoms with Crippen molar-refractivity contribution in [1.29, 1.82) is 0 Å². The molecule has 2 aromatic heterocycles. The second-order valence-corrected chi connectivity index (χ2v) is 7.63. The molecule has 4 rings (SSSR count). The van der Waals surface area contributed by atoms with E-state index in [0.29, 0.717) is 30.3 Å². The minimum absolute atomic E-state index is 0.0577. The lowest BCUT2D eigenvalue weighted by molar-refractivity contribution is -0.132. The molecule has 3 aromatic rings. The third-order valence-electron chi connectivity index (χ3n) is 4.80. The van der Waals surface area contributed by atoms with Crippen LogP contribution in [-0.4, -0.2) is 41.3 Å². The van der Waals surface area contributed by atoms with Gasteiger partial charge >= 0.3 is 0 Å². The molecule has 0 aliphatic carbocycles. The van der Waals surface area contributed by atoms with E-state index in [4.69, 9.17) is 4.42 Å².